The quantitative estimate of drug-likeness (QED) is 0.694. The molecule has 7 nitrogen and oxygen atoms in total. The first-order valence-corrected chi connectivity index (χ1v) is 6.89. The molecule has 0 saturated carbocycles. The predicted molar refractivity (Wildman–Crippen MR) is 70.3 cm³/mol. The molecule has 3 N–H and O–H groups in total. The molecule has 1 fully saturated rings. The number of amides is 2. The fraction of sp³-hybridized carbons (Fsp3) is 0.727. The minimum Gasteiger partial charge on any atom is -0.481 e. The summed E-state index contributed by atoms with van der Waals surface area (Å²) < 4.78 is 0. The molecule has 2 amide bonds. The lowest BCUT2D eigenvalue weighted by Gasteiger charge is -2.35. The van der Waals surface area contributed by atoms with Crippen LogP contribution >= 0.6 is 11.8 Å². The van der Waals surface area contributed by atoms with Gasteiger partial charge >= 0.3 is 18.0 Å². The number of nitrogens with one attached hydrogen (secondary N) is 1. The number of thioether (sulfide) groups is 1. The minimum atomic E-state index is -1.40. The maximum absolute atomic E-state index is 11.9. The third-order valence-electron chi connectivity index (χ3n) is 2.68. The molecular weight excluding hydrogens is 272 g/mol. The maximum atomic E-state index is 11.9. The van der Waals surface area contributed by atoms with Crippen molar-refractivity contribution in [3.05, 3.63) is 0 Å². The molecule has 0 aromatic carbocycles. The van der Waals surface area contributed by atoms with Crippen LogP contribution in [-0.2, 0) is 9.59 Å². The number of carboxylic acids is 2. The van der Waals surface area contributed by atoms with Crippen molar-refractivity contribution in [3.63, 3.8) is 0 Å². The van der Waals surface area contributed by atoms with Crippen LogP contribution in [0.1, 0.15) is 20.3 Å². The van der Waals surface area contributed by atoms with E-state index in [1.165, 1.54) is 4.90 Å². The maximum Gasteiger partial charge on any atom is 0.326 e. The molecule has 1 heterocycles. The zero-order chi connectivity index (χ0) is 14.6. The van der Waals surface area contributed by atoms with E-state index in [0.717, 1.165) is 0 Å². The predicted octanol–water partition coefficient (Wildman–Crippen LogP) is 0.450. The number of rotatable bonds is 4. The van der Waals surface area contributed by atoms with Crippen LogP contribution in [0.15, 0.2) is 0 Å². The van der Waals surface area contributed by atoms with Gasteiger partial charge in [-0.2, -0.15) is 11.8 Å². The van der Waals surface area contributed by atoms with Crippen LogP contribution < -0.4 is 5.32 Å². The standard InChI is InChI=1S/C11H18N2O5S/c1-6-4-13(5-7(2)19-6)11(18)12-8(10(16)17)3-9(14)15/h6-8H,3-5H2,1-2H3,(H,12,18)(H,14,15)(H,16,17). The second-order valence-electron chi connectivity index (χ2n) is 4.60. The van der Waals surface area contributed by atoms with E-state index in [1.54, 1.807) is 11.8 Å². The molecule has 0 aromatic rings. The molecule has 0 spiro atoms. The molecule has 0 bridgehead atoms. The van der Waals surface area contributed by atoms with Crippen molar-refractivity contribution in [3.8, 4) is 0 Å². The molecule has 1 aliphatic rings. The number of carboxylic acid groups (broad SMARTS) is 2. The zero-order valence-electron chi connectivity index (χ0n) is 10.8. The number of aliphatic carboxylic acids is 2. The van der Waals surface area contributed by atoms with Crippen molar-refractivity contribution in [2.24, 2.45) is 0 Å². The Balaban J connectivity index is 2.61. The largest absolute Gasteiger partial charge is 0.481 e. The summed E-state index contributed by atoms with van der Waals surface area (Å²) in [5.41, 5.74) is 0. The Hall–Kier alpha value is -1.44. The Morgan fingerprint density at radius 1 is 1.26 bits per heavy atom. The lowest BCUT2D eigenvalue weighted by molar-refractivity contribution is -0.145. The van der Waals surface area contributed by atoms with Gasteiger partial charge in [0, 0.05) is 23.6 Å². The van der Waals surface area contributed by atoms with Gasteiger partial charge in [-0.15, -0.1) is 0 Å². The number of carbonyl (C=O) groups excluding carboxylic acids is 1. The Labute approximate surface area is 115 Å². The molecule has 0 aliphatic carbocycles. The monoisotopic (exact) mass is 290 g/mol. The molecule has 3 atom stereocenters. The smallest absolute Gasteiger partial charge is 0.326 e. The first kappa shape index (κ1) is 15.6. The fourth-order valence-electron chi connectivity index (χ4n) is 1.96. The van der Waals surface area contributed by atoms with Gasteiger partial charge in [-0.05, 0) is 0 Å². The molecule has 1 saturated heterocycles. The lowest BCUT2D eigenvalue weighted by atomic mass is 10.2. The molecule has 108 valence electrons. The average Bonchev–Trinajstić information content (AvgIpc) is 2.25. The van der Waals surface area contributed by atoms with E-state index in [4.69, 9.17) is 10.2 Å². The minimum absolute atomic E-state index is 0.275. The van der Waals surface area contributed by atoms with Gasteiger partial charge in [0.1, 0.15) is 6.04 Å². The van der Waals surface area contributed by atoms with E-state index < -0.39 is 30.4 Å². The zero-order valence-corrected chi connectivity index (χ0v) is 11.6. The van der Waals surface area contributed by atoms with Crippen LogP contribution in [0.25, 0.3) is 0 Å². The van der Waals surface area contributed by atoms with Crippen molar-refractivity contribution in [1.29, 1.82) is 0 Å². The summed E-state index contributed by atoms with van der Waals surface area (Å²) in [5, 5.41) is 20.3. The van der Waals surface area contributed by atoms with Crippen LogP contribution in [0, 0.1) is 0 Å². The molecule has 0 radical (unpaired) electrons. The molecule has 1 rings (SSSR count). The van der Waals surface area contributed by atoms with Crippen LogP contribution in [0.5, 0.6) is 0 Å². The normalized spacial score (nSPS) is 24.6. The Morgan fingerprint density at radius 2 is 1.79 bits per heavy atom. The summed E-state index contributed by atoms with van der Waals surface area (Å²) in [6, 6.07) is -1.92. The summed E-state index contributed by atoms with van der Waals surface area (Å²) in [5.74, 6) is -2.60. The topological polar surface area (TPSA) is 107 Å². The first-order chi connectivity index (χ1) is 8.79. The summed E-state index contributed by atoms with van der Waals surface area (Å²) in [4.78, 5) is 34.9. The van der Waals surface area contributed by atoms with Gasteiger partial charge in [0.25, 0.3) is 0 Å². The average molecular weight is 290 g/mol. The SMILES string of the molecule is CC1CN(C(=O)NC(CC(=O)O)C(=O)O)CC(C)S1. The number of carbonyl (C=O) groups is 3. The molecule has 3 unspecified atom stereocenters. The van der Waals surface area contributed by atoms with Crippen molar-refractivity contribution >= 4 is 29.7 Å². The van der Waals surface area contributed by atoms with Crippen molar-refractivity contribution in [1.82, 2.24) is 10.2 Å². The van der Waals surface area contributed by atoms with Gasteiger partial charge in [-0.1, -0.05) is 13.8 Å². The van der Waals surface area contributed by atoms with Crippen LogP contribution in [0.2, 0.25) is 0 Å². The summed E-state index contributed by atoms with van der Waals surface area (Å²) >= 11 is 1.77. The molecule has 8 heteroatoms. The van der Waals surface area contributed by atoms with E-state index in [0.29, 0.717) is 13.1 Å². The highest BCUT2D eigenvalue weighted by molar-refractivity contribution is 8.00. The Bertz CT molecular complexity index is 366. The Morgan fingerprint density at radius 3 is 2.21 bits per heavy atom. The molecule has 19 heavy (non-hydrogen) atoms. The van der Waals surface area contributed by atoms with Crippen LogP contribution in [0.3, 0.4) is 0 Å². The number of nitrogens with zero attached hydrogens (tertiary/aromatic N) is 1. The van der Waals surface area contributed by atoms with Crippen LogP contribution in [0.4, 0.5) is 4.79 Å². The summed E-state index contributed by atoms with van der Waals surface area (Å²) in [6.45, 7) is 5.04. The molecular formula is C11H18N2O5S. The van der Waals surface area contributed by atoms with Gasteiger partial charge in [0.05, 0.1) is 6.42 Å². The van der Waals surface area contributed by atoms with E-state index >= 15 is 0 Å². The summed E-state index contributed by atoms with van der Waals surface area (Å²) in [7, 11) is 0. The van der Waals surface area contributed by atoms with Crippen molar-refractivity contribution in [2.45, 2.75) is 36.8 Å². The third kappa shape index (κ3) is 4.98. The number of hydrogen-bond acceptors (Lipinski definition) is 4. The van der Waals surface area contributed by atoms with E-state index in [2.05, 4.69) is 5.32 Å². The van der Waals surface area contributed by atoms with Gasteiger partial charge in [-0.3, -0.25) is 4.79 Å². The van der Waals surface area contributed by atoms with E-state index in [1.807, 2.05) is 13.8 Å². The van der Waals surface area contributed by atoms with Gasteiger partial charge in [0.15, 0.2) is 0 Å². The second kappa shape index (κ2) is 6.65. The number of hydrogen-bond donors (Lipinski definition) is 3. The highest BCUT2D eigenvalue weighted by atomic mass is 32.2. The van der Waals surface area contributed by atoms with Gasteiger partial charge in [0.2, 0.25) is 0 Å². The van der Waals surface area contributed by atoms with Crippen LogP contribution in [-0.4, -0.2) is 62.7 Å². The molecule has 1 aliphatic heterocycles. The molecule has 0 aromatic heterocycles. The first-order valence-electron chi connectivity index (χ1n) is 5.95. The fourth-order valence-corrected chi connectivity index (χ4v) is 3.28. The van der Waals surface area contributed by atoms with Crippen molar-refractivity contribution in [2.75, 3.05) is 13.1 Å². The Kier molecular flexibility index (Phi) is 5.46. The summed E-state index contributed by atoms with van der Waals surface area (Å²) in [6.07, 6.45) is -0.630. The second-order valence-corrected chi connectivity index (χ2v) is 6.48. The third-order valence-corrected chi connectivity index (χ3v) is 3.91. The van der Waals surface area contributed by atoms with Gasteiger partial charge < -0.3 is 20.4 Å². The highest BCUT2D eigenvalue weighted by Gasteiger charge is 2.29. The van der Waals surface area contributed by atoms with Gasteiger partial charge in [-0.25, -0.2) is 9.59 Å². The van der Waals surface area contributed by atoms with Crippen molar-refractivity contribution < 1.29 is 24.6 Å². The highest BCUT2D eigenvalue weighted by Crippen LogP contribution is 2.24. The van der Waals surface area contributed by atoms with E-state index in [-0.39, 0.29) is 10.5 Å². The van der Waals surface area contributed by atoms with E-state index in [9.17, 15) is 14.4 Å². The lowest BCUT2D eigenvalue weighted by Crippen LogP contribution is -2.53. The number of urea groups is 1.